The van der Waals surface area contributed by atoms with Gasteiger partial charge in [-0.3, -0.25) is 0 Å². The van der Waals surface area contributed by atoms with Crippen LogP contribution in [0.4, 0.5) is 5.82 Å². The first kappa shape index (κ1) is 22.7. The maximum absolute atomic E-state index is 5.95. The molecule has 1 aromatic carbocycles. The van der Waals surface area contributed by atoms with Crippen LogP contribution in [0.2, 0.25) is 0 Å². The van der Waals surface area contributed by atoms with Crippen LogP contribution in [0.25, 0.3) is 0 Å². The third-order valence-electron chi connectivity index (χ3n) is 5.45. The number of halogens is 2. The number of nitrogens with two attached hydrogens (primary N) is 1. The third-order valence-corrected chi connectivity index (χ3v) is 5.45. The van der Waals surface area contributed by atoms with Crippen molar-refractivity contribution in [1.29, 1.82) is 0 Å². The highest BCUT2D eigenvalue weighted by atomic mass is 35.5. The largest absolute Gasteiger partial charge is 0.492 e. The Morgan fingerprint density at radius 1 is 1.04 bits per heavy atom. The van der Waals surface area contributed by atoms with Crippen molar-refractivity contribution < 1.29 is 4.74 Å². The highest BCUT2D eigenvalue weighted by molar-refractivity contribution is 5.85. The van der Waals surface area contributed by atoms with Crippen LogP contribution < -0.4 is 15.8 Å². The molecule has 2 aliphatic rings. The highest BCUT2D eigenvalue weighted by Gasteiger charge is 2.32. The van der Waals surface area contributed by atoms with E-state index in [0.29, 0.717) is 24.5 Å². The molecule has 4 rings (SSSR count). The molecule has 2 saturated carbocycles. The van der Waals surface area contributed by atoms with Crippen LogP contribution >= 0.6 is 24.8 Å². The normalized spacial score (nSPS) is 20.4. The fraction of sp³-hybridized carbons (Fsp3) is 0.524. The van der Waals surface area contributed by atoms with Crippen LogP contribution in [0, 0.1) is 13.8 Å². The molecule has 1 aromatic heterocycles. The molecule has 2 fully saturated rings. The average molecular weight is 425 g/mol. The van der Waals surface area contributed by atoms with E-state index in [2.05, 4.69) is 37.4 Å². The SMILES string of the molecule is Cc1ccc(OCCNc2cc(C3CC(N)C3)nc(C3CC3)n2)cc1C.Cl.Cl. The quantitative estimate of drug-likeness (QED) is 0.639. The number of anilines is 1. The summed E-state index contributed by atoms with van der Waals surface area (Å²) in [5.41, 5.74) is 9.64. The Balaban J connectivity index is 0.00000140. The van der Waals surface area contributed by atoms with Crippen LogP contribution in [0.5, 0.6) is 5.75 Å². The van der Waals surface area contributed by atoms with Gasteiger partial charge in [0.1, 0.15) is 24.0 Å². The predicted molar refractivity (Wildman–Crippen MR) is 118 cm³/mol. The monoisotopic (exact) mass is 424 g/mol. The van der Waals surface area contributed by atoms with E-state index < -0.39 is 0 Å². The number of benzene rings is 1. The average Bonchev–Trinajstić information content (AvgIpc) is 3.44. The summed E-state index contributed by atoms with van der Waals surface area (Å²) in [5, 5.41) is 3.41. The molecule has 2 aliphatic carbocycles. The minimum Gasteiger partial charge on any atom is -0.492 e. The van der Waals surface area contributed by atoms with Gasteiger partial charge >= 0.3 is 0 Å². The zero-order valence-corrected chi connectivity index (χ0v) is 18.1. The molecule has 0 radical (unpaired) electrons. The van der Waals surface area contributed by atoms with Gasteiger partial charge in [0.05, 0.1) is 6.54 Å². The highest BCUT2D eigenvalue weighted by Crippen LogP contribution is 2.41. The third kappa shape index (κ3) is 5.49. The van der Waals surface area contributed by atoms with Gasteiger partial charge < -0.3 is 15.8 Å². The lowest BCUT2D eigenvalue weighted by Gasteiger charge is -2.32. The Bertz CT molecular complexity index is 792. The van der Waals surface area contributed by atoms with Gasteiger partial charge in [-0.05, 0) is 62.8 Å². The predicted octanol–water partition coefficient (Wildman–Crippen LogP) is 4.51. The number of nitrogens with zero attached hydrogens (tertiary/aromatic N) is 2. The maximum atomic E-state index is 5.95. The summed E-state index contributed by atoms with van der Waals surface area (Å²) in [5.74, 6) is 3.89. The van der Waals surface area contributed by atoms with Gasteiger partial charge in [-0.15, -0.1) is 24.8 Å². The molecule has 0 atom stereocenters. The van der Waals surface area contributed by atoms with E-state index in [0.717, 1.165) is 42.5 Å². The van der Waals surface area contributed by atoms with Crippen molar-refractivity contribution in [1.82, 2.24) is 9.97 Å². The van der Waals surface area contributed by atoms with Crippen LogP contribution in [0.15, 0.2) is 24.3 Å². The zero-order chi connectivity index (χ0) is 18.1. The molecule has 0 saturated heterocycles. The van der Waals surface area contributed by atoms with E-state index in [1.165, 1.54) is 24.0 Å². The number of hydrogen-bond acceptors (Lipinski definition) is 5. The maximum Gasteiger partial charge on any atom is 0.134 e. The summed E-state index contributed by atoms with van der Waals surface area (Å²) in [6.07, 6.45) is 4.50. The van der Waals surface area contributed by atoms with Crippen LogP contribution in [0.1, 0.15) is 60.2 Å². The summed E-state index contributed by atoms with van der Waals surface area (Å²) >= 11 is 0. The van der Waals surface area contributed by atoms with E-state index in [9.17, 15) is 0 Å². The zero-order valence-electron chi connectivity index (χ0n) is 16.5. The number of nitrogens with one attached hydrogen (secondary N) is 1. The standard InChI is InChI=1S/C21H28N4O.2ClH/c1-13-3-6-18(9-14(13)2)26-8-7-23-20-12-19(16-10-17(22)11-16)24-21(25-20)15-4-5-15;;/h3,6,9,12,15-17H,4-5,7-8,10-11,22H2,1-2H3,(H,23,24,25);2*1H. The molecular weight excluding hydrogens is 395 g/mol. The lowest BCUT2D eigenvalue weighted by molar-refractivity contribution is 0.332. The lowest BCUT2D eigenvalue weighted by atomic mass is 9.78. The van der Waals surface area contributed by atoms with E-state index in [1.54, 1.807) is 0 Å². The van der Waals surface area contributed by atoms with Crippen molar-refractivity contribution in [2.75, 3.05) is 18.5 Å². The summed E-state index contributed by atoms with van der Waals surface area (Å²) in [6, 6.07) is 8.64. The van der Waals surface area contributed by atoms with Crippen LogP contribution in [-0.2, 0) is 0 Å². The van der Waals surface area contributed by atoms with Crippen molar-refractivity contribution in [3.05, 3.63) is 46.9 Å². The second-order valence-electron chi connectivity index (χ2n) is 7.76. The molecule has 3 N–H and O–H groups in total. The molecule has 1 heterocycles. The minimum absolute atomic E-state index is 0. The second kappa shape index (κ2) is 9.77. The van der Waals surface area contributed by atoms with E-state index in [4.69, 9.17) is 20.4 Å². The molecule has 0 spiro atoms. The van der Waals surface area contributed by atoms with Crippen LogP contribution in [0.3, 0.4) is 0 Å². The Morgan fingerprint density at radius 2 is 1.79 bits per heavy atom. The summed E-state index contributed by atoms with van der Waals surface area (Å²) in [7, 11) is 0. The number of rotatable bonds is 7. The van der Waals surface area contributed by atoms with Crippen molar-refractivity contribution in [3.63, 3.8) is 0 Å². The molecule has 0 unspecified atom stereocenters. The van der Waals surface area contributed by atoms with Crippen molar-refractivity contribution in [2.45, 2.75) is 57.4 Å². The van der Waals surface area contributed by atoms with Gasteiger partial charge in [-0.25, -0.2) is 9.97 Å². The molecule has 154 valence electrons. The minimum atomic E-state index is 0. The molecule has 0 amide bonds. The molecule has 28 heavy (non-hydrogen) atoms. The fourth-order valence-electron chi connectivity index (χ4n) is 3.36. The van der Waals surface area contributed by atoms with Crippen LogP contribution in [-0.4, -0.2) is 29.2 Å². The number of hydrogen-bond donors (Lipinski definition) is 2. The Morgan fingerprint density at radius 3 is 2.43 bits per heavy atom. The molecule has 5 nitrogen and oxygen atoms in total. The van der Waals surface area contributed by atoms with E-state index >= 15 is 0 Å². The topological polar surface area (TPSA) is 73.1 Å². The number of ether oxygens (including phenoxy) is 1. The molecule has 2 aromatic rings. The lowest BCUT2D eigenvalue weighted by Crippen LogP contribution is -2.35. The van der Waals surface area contributed by atoms with E-state index in [-0.39, 0.29) is 24.8 Å². The van der Waals surface area contributed by atoms with Crippen molar-refractivity contribution in [2.24, 2.45) is 5.73 Å². The van der Waals surface area contributed by atoms with Gasteiger partial charge in [0.25, 0.3) is 0 Å². The van der Waals surface area contributed by atoms with Gasteiger partial charge in [0, 0.05) is 29.6 Å². The van der Waals surface area contributed by atoms with E-state index in [1.807, 2.05) is 6.07 Å². The van der Waals surface area contributed by atoms with Gasteiger partial charge in [0.2, 0.25) is 0 Å². The number of aromatic nitrogens is 2. The summed E-state index contributed by atoms with van der Waals surface area (Å²) < 4.78 is 5.86. The Labute approximate surface area is 179 Å². The first-order chi connectivity index (χ1) is 12.6. The molecule has 0 aliphatic heterocycles. The van der Waals surface area contributed by atoms with Gasteiger partial charge in [0.15, 0.2) is 0 Å². The Kier molecular flexibility index (Phi) is 7.93. The Hall–Kier alpha value is -1.56. The van der Waals surface area contributed by atoms with Gasteiger partial charge in [-0.2, -0.15) is 0 Å². The summed E-state index contributed by atoms with van der Waals surface area (Å²) in [6.45, 7) is 5.54. The molecular formula is C21H30Cl2N4O. The summed E-state index contributed by atoms with van der Waals surface area (Å²) in [4.78, 5) is 9.52. The smallest absolute Gasteiger partial charge is 0.134 e. The van der Waals surface area contributed by atoms with Crippen molar-refractivity contribution in [3.8, 4) is 5.75 Å². The molecule has 7 heteroatoms. The van der Waals surface area contributed by atoms with Gasteiger partial charge in [-0.1, -0.05) is 6.07 Å². The number of aryl methyl sites for hydroxylation is 2. The first-order valence-electron chi connectivity index (χ1n) is 9.67. The van der Waals surface area contributed by atoms with Crippen molar-refractivity contribution >= 4 is 30.6 Å². The molecule has 0 bridgehead atoms. The fourth-order valence-corrected chi connectivity index (χ4v) is 3.36. The second-order valence-corrected chi connectivity index (χ2v) is 7.76. The first-order valence-corrected chi connectivity index (χ1v) is 9.67.